The Balaban J connectivity index is 2.06. The Bertz CT molecular complexity index is 745. The van der Waals surface area contributed by atoms with Gasteiger partial charge in [-0.15, -0.1) is 0 Å². The van der Waals surface area contributed by atoms with Gasteiger partial charge in [-0.2, -0.15) is 0 Å². The fourth-order valence-electron chi connectivity index (χ4n) is 2.84. The van der Waals surface area contributed by atoms with E-state index in [0.717, 1.165) is 23.1 Å². The molecule has 2 atom stereocenters. The third-order valence-electron chi connectivity index (χ3n) is 4.42. The predicted octanol–water partition coefficient (Wildman–Crippen LogP) is 3.22. The Morgan fingerprint density at radius 2 is 1.63 bits per heavy atom. The Morgan fingerprint density at radius 3 is 2.15 bits per heavy atom. The lowest BCUT2D eigenvalue weighted by Crippen LogP contribution is -2.48. The van der Waals surface area contributed by atoms with E-state index in [0.29, 0.717) is 12.3 Å². The van der Waals surface area contributed by atoms with Gasteiger partial charge in [-0.05, 0) is 47.9 Å². The van der Waals surface area contributed by atoms with E-state index in [9.17, 15) is 19.8 Å². The van der Waals surface area contributed by atoms with Crippen molar-refractivity contribution in [2.75, 3.05) is 0 Å². The van der Waals surface area contributed by atoms with Crippen LogP contribution in [0.2, 0.25) is 0 Å². The third-order valence-corrected chi connectivity index (χ3v) is 4.42. The number of aromatic nitrogens is 1. The van der Waals surface area contributed by atoms with Crippen molar-refractivity contribution in [2.24, 2.45) is 5.92 Å². The molecule has 144 valence electrons. The van der Waals surface area contributed by atoms with Crippen LogP contribution in [0.3, 0.4) is 0 Å². The van der Waals surface area contributed by atoms with Crippen molar-refractivity contribution in [3.05, 3.63) is 54.4 Å². The van der Waals surface area contributed by atoms with Crippen LogP contribution in [0.15, 0.2) is 48.8 Å². The van der Waals surface area contributed by atoms with Crippen LogP contribution in [0, 0.1) is 5.92 Å². The van der Waals surface area contributed by atoms with Gasteiger partial charge in [0.05, 0.1) is 0 Å². The Labute approximate surface area is 159 Å². The third kappa shape index (κ3) is 6.49. The summed E-state index contributed by atoms with van der Waals surface area (Å²) in [7, 11) is 0. The van der Waals surface area contributed by atoms with Crippen molar-refractivity contribution < 1.29 is 19.8 Å². The van der Waals surface area contributed by atoms with E-state index in [1.54, 1.807) is 12.4 Å². The summed E-state index contributed by atoms with van der Waals surface area (Å²) in [5.74, 6) is -1.71. The summed E-state index contributed by atoms with van der Waals surface area (Å²) in [6, 6.07) is 9.54. The molecule has 2 rings (SSSR count). The molecule has 27 heavy (non-hydrogen) atoms. The summed E-state index contributed by atoms with van der Waals surface area (Å²) in [6.45, 7) is 4.02. The zero-order chi connectivity index (χ0) is 19.8. The van der Waals surface area contributed by atoms with E-state index in [1.165, 1.54) is 0 Å². The number of carboxylic acid groups (broad SMARTS) is 2. The SMILES string of the molecule is CC(C)CC[C@H](N[C@@H](Cc1ccc(-c2cccnc2)cc1)C(=O)O)C(=O)O. The maximum atomic E-state index is 11.6. The number of benzene rings is 1. The first-order valence-electron chi connectivity index (χ1n) is 9.07. The van der Waals surface area contributed by atoms with Crippen LogP contribution in [0.4, 0.5) is 0 Å². The molecular weight excluding hydrogens is 344 g/mol. The van der Waals surface area contributed by atoms with Gasteiger partial charge in [0.15, 0.2) is 0 Å². The first-order chi connectivity index (χ1) is 12.9. The van der Waals surface area contributed by atoms with Crippen LogP contribution in [0.1, 0.15) is 32.3 Å². The zero-order valence-corrected chi connectivity index (χ0v) is 15.6. The molecule has 0 spiro atoms. The van der Waals surface area contributed by atoms with Crippen LogP contribution < -0.4 is 5.32 Å². The van der Waals surface area contributed by atoms with Gasteiger partial charge in [0, 0.05) is 12.4 Å². The number of hydrogen-bond donors (Lipinski definition) is 3. The second-order valence-electron chi connectivity index (χ2n) is 7.06. The molecule has 6 nitrogen and oxygen atoms in total. The lowest BCUT2D eigenvalue weighted by Gasteiger charge is -2.21. The van der Waals surface area contributed by atoms with Crippen molar-refractivity contribution >= 4 is 11.9 Å². The summed E-state index contributed by atoms with van der Waals surface area (Å²) in [5.41, 5.74) is 2.80. The molecule has 1 heterocycles. The summed E-state index contributed by atoms with van der Waals surface area (Å²) in [6.07, 6.45) is 4.81. The molecule has 6 heteroatoms. The number of hydrogen-bond acceptors (Lipinski definition) is 4. The summed E-state index contributed by atoms with van der Waals surface area (Å²) in [4.78, 5) is 27.2. The molecule has 1 aromatic heterocycles. The number of carboxylic acids is 2. The molecule has 0 fully saturated rings. The standard InChI is InChI=1S/C21H26N2O4/c1-14(2)5-10-18(20(24)25)23-19(21(26)27)12-15-6-8-16(9-7-15)17-4-3-11-22-13-17/h3-4,6-9,11,13-14,18-19,23H,5,10,12H2,1-2H3,(H,24,25)(H,26,27)/t18-,19-/m0/s1. The molecule has 1 aromatic carbocycles. The minimum atomic E-state index is -1.05. The quantitative estimate of drug-likeness (QED) is 0.594. The minimum Gasteiger partial charge on any atom is -0.480 e. The van der Waals surface area contributed by atoms with E-state index in [2.05, 4.69) is 10.3 Å². The highest BCUT2D eigenvalue weighted by atomic mass is 16.4. The molecule has 0 saturated heterocycles. The Kier molecular flexibility index (Phi) is 7.49. The summed E-state index contributed by atoms with van der Waals surface area (Å²) in [5, 5.41) is 21.7. The molecule has 0 aliphatic heterocycles. The van der Waals surface area contributed by atoms with Gasteiger partial charge in [-0.1, -0.05) is 44.2 Å². The van der Waals surface area contributed by atoms with Gasteiger partial charge in [0.1, 0.15) is 12.1 Å². The molecule has 0 aliphatic carbocycles. The number of carbonyl (C=O) groups is 2. The fourth-order valence-corrected chi connectivity index (χ4v) is 2.84. The highest BCUT2D eigenvalue weighted by molar-refractivity contribution is 5.77. The fraction of sp³-hybridized carbons (Fsp3) is 0.381. The van der Waals surface area contributed by atoms with Crippen LogP contribution in [-0.2, 0) is 16.0 Å². The normalized spacial score (nSPS) is 13.3. The topological polar surface area (TPSA) is 99.5 Å². The van der Waals surface area contributed by atoms with E-state index >= 15 is 0 Å². The van der Waals surface area contributed by atoms with E-state index < -0.39 is 24.0 Å². The van der Waals surface area contributed by atoms with Gasteiger partial charge in [-0.3, -0.25) is 19.9 Å². The number of pyridine rings is 1. The molecule has 0 bridgehead atoms. The zero-order valence-electron chi connectivity index (χ0n) is 15.6. The number of nitrogens with one attached hydrogen (secondary N) is 1. The molecular formula is C21H26N2O4. The molecule has 0 aliphatic rings. The predicted molar refractivity (Wildman–Crippen MR) is 103 cm³/mol. The average molecular weight is 370 g/mol. The van der Waals surface area contributed by atoms with Crippen molar-refractivity contribution in [1.29, 1.82) is 0 Å². The Hall–Kier alpha value is -2.73. The van der Waals surface area contributed by atoms with Gasteiger partial charge >= 0.3 is 11.9 Å². The Morgan fingerprint density at radius 1 is 0.963 bits per heavy atom. The summed E-state index contributed by atoms with van der Waals surface area (Å²) < 4.78 is 0. The summed E-state index contributed by atoms with van der Waals surface area (Å²) >= 11 is 0. The lowest BCUT2D eigenvalue weighted by atomic mass is 9.99. The smallest absolute Gasteiger partial charge is 0.321 e. The van der Waals surface area contributed by atoms with E-state index in [1.807, 2.05) is 50.2 Å². The molecule has 0 unspecified atom stereocenters. The molecule has 0 amide bonds. The van der Waals surface area contributed by atoms with Crippen molar-refractivity contribution in [3.63, 3.8) is 0 Å². The number of rotatable bonds is 10. The highest BCUT2D eigenvalue weighted by Crippen LogP contribution is 2.19. The van der Waals surface area contributed by atoms with Gasteiger partial charge < -0.3 is 10.2 Å². The van der Waals surface area contributed by atoms with E-state index in [-0.39, 0.29) is 6.42 Å². The van der Waals surface area contributed by atoms with E-state index in [4.69, 9.17) is 0 Å². The van der Waals surface area contributed by atoms with Gasteiger partial charge in [0.2, 0.25) is 0 Å². The monoisotopic (exact) mass is 370 g/mol. The van der Waals surface area contributed by atoms with Crippen molar-refractivity contribution in [2.45, 2.75) is 45.2 Å². The second kappa shape index (κ2) is 9.83. The lowest BCUT2D eigenvalue weighted by molar-refractivity contribution is -0.142. The molecule has 3 N–H and O–H groups in total. The van der Waals surface area contributed by atoms with Crippen molar-refractivity contribution in [1.82, 2.24) is 10.3 Å². The highest BCUT2D eigenvalue weighted by Gasteiger charge is 2.26. The molecule has 0 saturated carbocycles. The second-order valence-corrected chi connectivity index (χ2v) is 7.06. The first kappa shape index (κ1) is 20.6. The maximum Gasteiger partial charge on any atom is 0.321 e. The first-order valence-corrected chi connectivity index (χ1v) is 9.07. The van der Waals surface area contributed by atoms with Crippen LogP contribution in [0.25, 0.3) is 11.1 Å². The number of aliphatic carboxylic acids is 2. The number of nitrogens with zero attached hydrogens (tertiary/aromatic N) is 1. The average Bonchev–Trinajstić information content (AvgIpc) is 2.64. The molecule has 0 radical (unpaired) electrons. The minimum absolute atomic E-state index is 0.216. The maximum absolute atomic E-state index is 11.6. The van der Waals surface area contributed by atoms with Gasteiger partial charge in [0.25, 0.3) is 0 Å². The van der Waals surface area contributed by atoms with Crippen LogP contribution >= 0.6 is 0 Å². The van der Waals surface area contributed by atoms with Gasteiger partial charge in [-0.25, -0.2) is 0 Å². The molecule has 2 aromatic rings. The van der Waals surface area contributed by atoms with Crippen molar-refractivity contribution in [3.8, 4) is 11.1 Å². The van der Waals surface area contributed by atoms with Crippen LogP contribution in [0.5, 0.6) is 0 Å². The largest absolute Gasteiger partial charge is 0.480 e. The van der Waals surface area contributed by atoms with Crippen LogP contribution in [-0.4, -0.2) is 39.2 Å².